The van der Waals surface area contributed by atoms with Crippen molar-refractivity contribution in [3.8, 4) is 5.75 Å². The van der Waals surface area contributed by atoms with Gasteiger partial charge in [0, 0.05) is 5.56 Å². The number of morpholine rings is 1. The van der Waals surface area contributed by atoms with Crippen molar-refractivity contribution in [2.75, 3.05) is 26.2 Å². The smallest absolute Gasteiger partial charge is 0.159 e. The molecule has 1 aromatic carbocycles. The van der Waals surface area contributed by atoms with Gasteiger partial charge in [-0.1, -0.05) is 0 Å². The summed E-state index contributed by atoms with van der Waals surface area (Å²) in [5.41, 5.74) is 0.721. The largest absolute Gasteiger partial charge is 0.488 e. The molecule has 0 radical (unpaired) electrons. The molecular weight excluding hydrogens is 254 g/mol. The molecule has 0 amide bonds. The van der Waals surface area contributed by atoms with Gasteiger partial charge in [0.15, 0.2) is 5.78 Å². The number of carbonyl (C=O) groups is 1. The molecule has 4 nitrogen and oxygen atoms in total. The van der Waals surface area contributed by atoms with E-state index in [0.29, 0.717) is 18.8 Å². The van der Waals surface area contributed by atoms with Gasteiger partial charge < -0.3 is 14.4 Å². The molecule has 0 bridgehead atoms. The van der Waals surface area contributed by atoms with Crippen LogP contribution in [0.3, 0.4) is 0 Å². The van der Waals surface area contributed by atoms with Crippen LogP contribution in [0.4, 0.5) is 0 Å². The van der Waals surface area contributed by atoms with Crippen LogP contribution in [-0.2, 0) is 4.74 Å². The molecular formula is C16H24NO3+. The second-order valence-corrected chi connectivity index (χ2v) is 5.59. The molecule has 0 aromatic heterocycles. The van der Waals surface area contributed by atoms with Crippen LogP contribution in [0.1, 0.15) is 31.1 Å². The lowest BCUT2D eigenvalue weighted by molar-refractivity contribution is -0.915. The number of benzene rings is 1. The monoisotopic (exact) mass is 278 g/mol. The van der Waals surface area contributed by atoms with Gasteiger partial charge in [0.05, 0.1) is 0 Å². The van der Waals surface area contributed by atoms with Crippen molar-refractivity contribution in [1.82, 2.24) is 0 Å². The van der Waals surface area contributed by atoms with Gasteiger partial charge in [-0.2, -0.15) is 0 Å². The Hall–Kier alpha value is -1.39. The lowest BCUT2D eigenvalue weighted by atomic mass is 10.1. The van der Waals surface area contributed by atoms with Crippen LogP contribution in [0.15, 0.2) is 24.3 Å². The number of ether oxygens (including phenoxy) is 2. The molecule has 1 aromatic rings. The molecule has 20 heavy (non-hydrogen) atoms. The highest BCUT2D eigenvalue weighted by atomic mass is 16.5. The zero-order valence-corrected chi connectivity index (χ0v) is 12.5. The van der Waals surface area contributed by atoms with Gasteiger partial charge in [-0.05, 0) is 45.0 Å². The minimum absolute atomic E-state index is 0.0808. The Morgan fingerprint density at radius 3 is 2.40 bits per heavy atom. The van der Waals surface area contributed by atoms with Crippen LogP contribution < -0.4 is 9.64 Å². The quantitative estimate of drug-likeness (QED) is 0.816. The van der Waals surface area contributed by atoms with Crippen LogP contribution in [0, 0.1) is 0 Å². The van der Waals surface area contributed by atoms with Crippen LogP contribution in [0.5, 0.6) is 5.75 Å². The number of hydrogen-bond acceptors (Lipinski definition) is 3. The number of rotatable bonds is 5. The van der Waals surface area contributed by atoms with Gasteiger partial charge in [0.2, 0.25) is 0 Å². The van der Waals surface area contributed by atoms with Gasteiger partial charge >= 0.3 is 0 Å². The number of carbonyl (C=O) groups excluding carboxylic acids is 1. The Morgan fingerprint density at radius 1 is 1.25 bits per heavy atom. The summed E-state index contributed by atoms with van der Waals surface area (Å²) >= 11 is 0. The van der Waals surface area contributed by atoms with E-state index in [1.54, 1.807) is 6.92 Å². The second-order valence-electron chi connectivity index (χ2n) is 5.59. The molecule has 1 unspecified atom stereocenters. The van der Waals surface area contributed by atoms with Gasteiger partial charge in [0.25, 0.3) is 0 Å². The summed E-state index contributed by atoms with van der Waals surface area (Å²) in [4.78, 5) is 12.7. The molecule has 1 heterocycles. The van der Waals surface area contributed by atoms with E-state index in [2.05, 4.69) is 13.8 Å². The van der Waals surface area contributed by atoms with E-state index < -0.39 is 0 Å². The maximum Gasteiger partial charge on any atom is 0.159 e. The fraction of sp³-hybridized carbons (Fsp3) is 0.562. The molecule has 0 spiro atoms. The van der Waals surface area contributed by atoms with Crippen molar-refractivity contribution in [3.63, 3.8) is 0 Å². The Bertz CT molecular complexity index is 434. The molecule has 2 rings (SSSR count). The topological polar surface area (TPSA) is 40.0 Å². The maximum absolute atomic E-state index is 11.2. The third-order valence-corrected chi connectivity index (χ3v) is 3.60. The Kier molecular flexibility index (Phi) is 5.15. The van der Waals surface area contributed by atoms with Crippen molar-refractivity contribution in [1.29, 1.82) is 0 Å². The second kappa shape index (κ2) is 6.86. The third-order valence-electron chi connectivity index (χ3n) is 3.60. The summed E-state index contributed by atoms with van der Waals surface area (Å²) in [6.07, 6.45) is 0.646. The number of ketones is 1. The van der Waals surface area contributed by atoms with E-state index in [0.717, 1.165) is 30.9 Å². The lowest BCUT2D eigenvalue weighted by Gasteiger charge is -2.32. The van der Waals surface area contributed by atoms with Crippen molar-refractivity contribution in [3.05, 3.63) is 29.8 Å². The van der Waals surface area contributed by atoms with E-state index in [-0.39, 0.29) is 5.78 Å². The van der Waals surface area contributed by atoms with Crippen molar-refractivity contribution in [2.45, 2.75) is 33.0 Å². The van der Waals surface area contributed by atoms with Crippen molar-refractivity contribution in [2.24, 2.45) is 0 Å². The Labute approximate surface area is 120 Å². The van der Waals surface area contributed by atoms with Gasteiger partial charge in [-0.25, -0.2) is 0 Å². The maximum atomic E-state index is 11.2. The van der Waals surface area contributed by atoms with E-state index in [1.807, 2.05) is 24.3 Å². The summed E-state index contributed by atoms with van der Waals surface area (Å²) in [7, 11) is 0. The molecule has 4 heteroatoms. The highest BCUT2D eigenvalue weighted by molar-refractivity contribution is 5.94. The third kappa shape index (κ3) is 4.32. The molecule has 1 saturated heterocycles. The molecule has 1 aliphatic heterocycles. The van der Waals surface area contributed by atoms with E-state index >= 15 is 0 Å². The lowest BCUT2D eigenvalue weighted by Crippen LogP contribution is -3.16. The van der Waals surface area contributed by atoms with Crippen molar-refractivity contribution < 1.29 is 19.2 Å². The molecule has 0 aliphatic carbocycles. The first-order chi connectivity index (χ1) is 9.54. The standard InChI is InChI=1S/C16H23NO3/c1-12-10-17(11-13(2)20-12)8-9-19-16-6-4-15(5-7-16)14(3)18/h4-7,12-13H,8-11H2,1-3H3/p+1/t12-,13+. The predicted octanol–water partition coefficient (Wildman–Crippen LogP) is 0.960. The summed E-state index contributed by atoms with van der Waals surface area (Å²) < 4.78 is 11.5. The molecule has 0 saturated carbocycles. The SMILES string of the molecule is CC(=O)c1ccc(OCC[NH+]2C[C@@H](C)O[C@@H](C)C2)cc1. The molecule has 3 atom stereocenters. The summed E-state index contributed by atoms with van der Waals surface area (Å²) in [5.74, 6) is 0.904. The van der Waals surface area contributed by atoms with E-state index in [9.17, 15) is 4.79 Å². The molecule has 1 fully saturated rings. The van der Waals surface area contributed by atoms with E-state index in [4.69, 9.17) is 9.47 Å². The molecule has 1 aliphatic rings. The fourth-order valence-corrected chi connectivity index (χ4v) is 2.69. The zero-order chi connectivity index (χ0) is 14.5. The first-order valence-corrected chi connectivity index (χ1v) is 7.27. The highest BCUT2D eigenvalue weighted by Crippen LogP contribution is 2.12. The van der Waals surface area contributed by atoms with Crippen LogP contribution in [0.2, 0.25) is 0 Å². The average Bonchev–Trinajstić information content (AvgIpc) is 2.38. The van der Waals surface area contributed by atoms with Crippen LogP contribution >= 0.6 is 0 Å². The first kappa shape index (κ1) is 15.0. The van der Waals surface area contributed by atoms with Gasteiger partial charge in [-0.15, -0.1) is 0 Å². The number of nitrogens with one attached hydrogen (secondary N) is 1. The minimum atomic E-state index is 0.0808. The van der Waals surface area contributed by atoms with Crippen LogP contribution in [-0.4, -0.2) is 44.2 Å². The Balaban J connectivity index is 1.76. The number of quaternary nitrogens is 1. The molecule has 110 valence electrons. The van der Waals surface area contributed by atoms with Crippen LogP contribution in [0.25, 0.3) is 0 Å². The Morgan fingerprint density at radius 2 is 1.85 bits per heavy atom. The zero-order valence-electron chi connectivity index (χ0n) is 12.5. The highest BCUT2D eigenvalue weighted by Gasteiger charge is 2.25. The number of Topliss-reactive ketones (excluding diaryl/α,β-unsaturated/α-hetero) is 1. The average molecular weight is 278 g/mol. The summed E-state index contributed by atoms with van der Waals surface area (Å²) in [6, 6.07) is 7.33. The van der Waals surface area contributed by atoms with Crippen molar-refractivity contribution >= 4 is 5.78 Å². The first-order valence-electron chi connectivity index (χ1n) is 7.27. The minimum Gasteiger partial charge on any atom is -0.488 e. The van der Waals surface area contributed by atoms with Gasteiger partial charge in [-0.3, -0.25) is 4.79 Å². The van der Waals surface area contributed by atoms with E-state index in [1.165, 1.54) is 4.90 Å². The summed E-state index contributed by atoms with van der Waals surface area (Å²) in [6.45, 7) is 9.56. The summed E-state index contributed by atoms with van der Waals surface area (Å²) in [5, 5.41) is 0. The molecule has 1 N–H and O–H groups in total. The predicted molar refractivity (Wildman–Crippen MR) is 77.5 cm³/mol. The number of hydrogen-bond donors (Lipinski definition) is 1. The normalized spacial score (nSPS) is 26.2. The van der Waals surface area contributed by atoms with Gasteiger partial charge in [0.1, 0.15) is 44.2 Å². The fourth-order valence-electron chi connectivity index (χ4n) is 2.69.